The molecule has 2 aromatic heterocycles. The summed E-state index contributed by atoms with van der Waals surface area (Å²) in [7, 11) is 1.40. The predicted octanol–water partition coefficient (Wildman–Crippen LogP) is -0.309. The number of aromatic nitrogens is 3. The molecule has 0 atom stereocenters. The summed E-state index contributed by atoms with van der Waals surface area (Å²) >= 11 is 1.22. The molecule has 22 heavy (non-hydrogen) atoms. The van der Waals surface area contributed by atoms with Crippen LogP contribution in [0, 0.1) is 0 Å². The third-order valence-electron chi connectivity index (χ3n) is 3.16. The molecule has 0 aliphatic carbocycles. The number of anilines is 1. The Bertz CT molecular complexity index is 833. The predicted molar refractivity (Wildman–Crippen MR) is 84.7 cm³/mol. The van der Waals surface area contributed by atoms with Gasteiger partial charge in [0.1, 0.15) is 16.4 Å². The highest BCUT2D eigenvalue weighted by Crippen LogP contribution is 2.23. The summed E-state index contributed by atoms with van der Waals surface area (Å²) in [5, 5.41) is 2.13. The third-order valence-corrected chi connectivity index (χ3v) is 4.01. The number of carbonyl (C=O) groups excluding carboxylic acids is 1. The molecule has 2 rings (SSSR count). The highest BCUT2D eigenvalue weighted by atomic mass is 32.1. The van der Waals surface area contributed by atoms with Crippen molar-refractivity contribution in [1.82, 2.24) is 14.1 Å². The number of hydrogen-bond acceptors (Lipinski definition) is 6. The number of thiazole rings is 1. The Kier molecular flexibility index (Phi) is 4.45. The van der Waals surface area contributed by atoms with Crippen molar-refractivity contribution in [2.75, 3.05) is 5.73 Å². The van der Waals surface area contributed by atoms with Crippen molar-refractivity contribution in [2.45, 2.75) is 26.3 Å². The van der Waals surface area contributed by atoms with Gasteiger partial charge >= 0.3 is 5.69 Å². The van der Waals surface area contributed by atoms with Crippen LogP contribution in [0.15, 0.2) is 15.0 Å². The third kappa shape index (κ3) is 2.80. The van der Waals surface area contributed by atoms with Crippen LogP contribution in [0.3, 0.4) is 0 Å². The van der Waals surface area contributed by atoms with Crippen molar-refractivity contribution in [1.29, 1.82) is 0 Å². The Hall–Kier alpha value is -2.42. The average molecular weight is 323 g/mol. The van der Waals surface area contributed by atoms with Crippen molar-refractivity contribution in [3.63, 3.8) is 0 Å². The molecule has 9 heteroatoms. The van der Waals surface area contributed by atoms with Gasteiger partial charge in [0.25, 0.3) is 5.56 Å². The van der Waals surface area contributed by atoms with E-state index in [2.05, 4.69) is 4.98 Å². The van der Waals surface area contributed by atoms with Gasteiger partial charge in [-0.15, -0.1) is 11.3 Å². The van der Waals surface area contributed by atoms with Crippen molar-refractivity contribution in [3.8, 4) is 11.3 Å². The fourth-order valence-electron chi connectivity index (χ4n) is 2.12. The van der Waals surface area contributed by atoms with E-state index in [-0.39, 0.29) is 17.8 Å². The first-order valence-electron chi connectivity index (χ1n) is 6.69. The Morgan fingerprint density at radius 2 is 2.09 bits per heavy atom. The Morgan fingerprint density at radius 3 is 2.68 bits per heavy atom. The quantitative estimate of drug-likeness (QED) is 0.780. The largest absolute Gasteiger partial charge is 0.384 e. The molecule has 0 radical (unpaired) electrons. The minimum atomic E-state index is -0.509. The molecule has 0 spiro atoms. The molecule has 0 saturated carbocycles. The van der Waals surface area contributed by atoms with E-state index in [0.29, 0.717) is 23.7 Å². The minimum Gasteiger partial charge on any atom is -0.384 e. The summed E-state index contributed by atoms with van der Waals surface area (Å²) in [4.78, 5) is 39.6. The monoisotopic (exact) mass is 323 g/mol. The van der Waals surface area contributed by atoms with Gasteiger partial charge in [0, 0.05) is 19.0 Å². The van der Waals surface area contributed by atoms with E-state index in [1.807, 2.05) is 6.92 Å². The average Bonchev–Trinajstić information content (AvgIpc) is 2.89. The van der Waals surface area contributed by atoms with Crippen LogP contribution in [0.1, 0.15) is 18.4 Å². The summed E-state index contributed by atoms with van der Waals surface area (Å²) < 4.78 is 2.36. The second-order valence-corrected chi connectivity index (χ2v) is 5.77. The fraction of sp³-hybridized carbons (Fsp3) is 0.385. The molecule has 0 aromatic carbocycles. The van der Waals surface area contributed by atoms with Crippen LogP contribution < -0.4 is 22.7 Å². The lowest BCUT2D eigenvalue weighted by atomic mass is 10.2. The van der Waals surface area contributed by atoms with Crippen molar-refractivity contribution >= 4 is 23.1 Å². The van der Waals surface area contributed by atoms with Crippen LogP contribution in [0.2, 0.25) is 0 Å². The van der Waals surface area contributed by atoms with E-state index in [9.17, 15) is 14.4 Å². The van der Waals surface area contributed by atoms with Gasteiger partial charge in [-0.05, 0) is 6.42 Å². The molecular formula is C13H17N5O3S. The first-order valence-corrected chi connectivity index (χ1v) is 7.57. The molecule has 1 amide bonds. The van der Waals surface area contributed by atoms with E-state index >= 15 is 0 Å². The van der Waals surface area contributed by atoms with E-state index < -0.39 is 17.2 Å². The Balaban J connectivity index is 2.65. The number of rotatable bonds is 5. The summed E-state index contributed by atoms with van der Waals surface area (Å²) in [5.41, 5.74) is 10.7. The molecule has 4 N–H and O–H groups in total. The molecule has 0 unspecified atom stereocenters. The molecule has 0 bridgehead atoms. The maximum Gasteiger partial charge on any atom is 0.332 e. The maximum atomic E-state index is 12.3. The van der Waals surface area contributed by atoms with Crippen LogP contribution in [-0.2, 0) is 24.8 Å². The molecule has 8 nitrogen and oxygen atoms in total. The molecular weight excluding hydrogens is 306 g/mol. The Morgan fingerprint density at radius 1 is 1.41 bits per heavy atom. The summed E-state index contributed by atoms with van der Waals surface area (Å²) in [6.07, 6.45) is 0.700. The molecule has 0 aliphatic rings. The van der Waals surface area contributed by atoms with Crippen molar-refractivity contribution in [3.05, 3.63) is 31.2 Å². The van der Waals surface area contributed by atoms with Crippen LogP contribution >= 0.6 is 11.3 Å². The number of carbonyl (C=O) groups is 1. The highest BCUT2D eigenvalue weighted by molar-refractivity contribution is 7.10. The van der Waals surface area contributed by atoms with Crippen LogP contribution in [0.25, 0.3) is 11.3 Å². The second kappa shape index (κ2) is 6.14. The van der Waals surface area contributed by atoms with Gasteiger partial charge in [0.2, 0.25) is 5.91 Å². The number of nitrogens with zero attached hydrogens (tertiary/aromatic N) is 3. The van der Waals surface area contributed by atoms with Crippen LogP contribution in [0.5, 0.6) is 0 Å². The van der Waals surface area contributed by atoms with Gasteiger partial charge < -0.3 is 11.5 Å². The van der Waals surface area contributed by atoms with Crippen molar-refractivity contribution in [2.24, 2.45) is 12.8 Å². The van der Waals surface area contributed by atoms with E-state index in [1.54, 1.807) is 5.38 Å². The SMILES string of the molecule is CCCn1c(N)c(-c2csc(CC(N)=O)n2)c(=O)n(C)c1=O. The zero-order valence-electron chi connectivity index (χ0n) is 12.3. The standard InChI is InChI=1S/C13H17N5O3S/c1-3-4-18-11(15)10(12(20)17(2)13(18)21)7-6-22-9(16-7)5-8(14)19/h6H,3-5,15H2,1-2H3,(H2,14,19). The van der Waals surface area contributed by atoms with Gasteiger partial charge in [-0.3, -0.25) is 18.7 Å². The topological polar surface area (TPSA) is 126 Å². The number of nitrogen functional groups attached to an aromatic ring is 1. The number of nitrogens with two attached hydrogens (primary N) is 2. The molecule has 2 aromatic rings. The molecule has 2 heterocycles. The number of primary amides is 1. The van der Waals surface area contributed by atoms with Crippen LogP contribution in [-0.4, -0.2) is 20.0 Å². The normalized spacial score (nSPS) is 10.8. The van der Waals surface area contributed by atoms with Gasteiger partial charge in [0.15, 0.2) is 0 Å². The zero-order chi connectivity index (χ0) is 16.4. The van der Waals surface area contributed by atoms with Gasteiger partial charge in [-0.2, -0.15) is 0 Å². The van der Waals surface area contributed by atoms with Crippen LogP contribution in [0.4, 0.5) is 5.82 Å². The van der Waals surface area contributed by atoms with Gasteiger partial charge in [0.05, 0.1) is 12.1 Å². The summed E-state index contributed by atoms with van der Waals surface area (Å²) in [5.74, 6) is -0.413. The Labute approximate surface area is 130 Å². The number of amides is 1. The second-order valence-electron chi connectivity index (χ2n) is 4.83. The highest BCUT2D eigenvalue weighted by Gasteiger charge is 2.19. The number of hydrogen-bond donors (Lipinski definition) is 2. The maximum absolute atomic E-state index is 12.3. The molecule has 0 saturated heterocycles. The lowest BCUT2D eigenvalue weighted by Crippen LogP contribution is -2.40. The summed E-state index contributed by atoms with van der Waals surface area (Å²) in [6, 6.07) is 0. The van der Waals surface area contributed by atoms with E-state index in [4.69, 9.17) is 11.5 Å². The fourth-order valence-corrected chi connectivity index (χ4v) is 2.91. The molecule has 0 fully saturated rings. The smallest absolute Gasteiger partial charge is 0.332 e. The van der Waals surface area contributed by atoms with E-state index in [1.165, 1.54) is 23.0 Å². The van der Waals surface area contributed by atoms with Gasteiger partial charge in [-0.1, -0.05) is 6.92 Å². The zero-order valence-corrected chi connectivity index (χ0v) is 13.1. The first kappa shape index (κ1) is 16.0. The lowest BCUT2D eigenvalue weighted by Gasteiger charge is -2.13. The minimum absolute atomic E-state index is 0.000510. The van der Waals surface area contributed by atoms with Crippen molar-refractivity contribution < 1.29 is 4.79 Å². The van der Waals surface area contributed by atoms with Gasteiger partial charge in [-0.25, -0.2) is 9.78 Å². The summed E-state index contributed by atoms with van der Waals surface area (Å²) in [6.45, 7) is 2.31. The van der Waals surface area contributed by atoms with E-state index in [0.717, 1.165) is 4.57 Å². The molecule has 0 aliphatic heterocycles. The first-order chi connectivity index (χ1) is 10.4. The molecule has 118 valence electrons. The lowest BCUT2D eigenvalue weighted by molar-refractivity contribution is -0.117.